The van der Waals surface area contributed by atoms with Crippen LogP contribution in [0.5, 0.6) is 0 Å². The second-order valence-electron chi connectivity index (χ2n) is 4.88. The molecule has 114 valence electrons. The number of piperazine rings is 1. The number of amides is 1. The van der Waals surface area contributed by atoms with Gasteiger partial charge < -0.3 is 15.0 Å². The molecule has 1 amide bonds. The standard InChI is InChI=1S/C15H19ClN2O3/c1-3-21-15(20)13-9-17-7-8-18(13)14(19)11-5-4-6-12(16)10(11)2/h4-6,13,17H,3,7-9H2,1-2H3. The van der Waals surface area contributed by atoms with E-state index in [0.29, 0.717) is 36.8 Å². The van der Waals surface area contributed by atoms with Crippen LogP contribution in [0.25, 0.3) is 0 Å². The van der Waals surface area contributed by atoms with E-state index in [2.05, 4.69) is 5.32 Å². The van der Waals surface area contributed by atoms with Gasteiger partial charge in [-0.05, 0) is 31.5 Å². The van der Waals surface area contributed by atoms with Crippen LogP contribution in [0, 0.1) is 6.92 Å². The first-order valence-electron chi connectivity index (χ1n) is 6.99. The first-order chi connectivity index (χ1) is 10.1. The third kappa shape index (κ3) is 3.36. The molecule has 2 rings (SSSR count). The number of nitrogens with zero attached hydrogens (tertiary/aromatic N) is 1. The van der Waals surface area contributed by atoms with Gasteiger partial charge in [0.25, 0.3) is 5.91 Å². The summed E-state index contributed by atoms with van der Waals surface area (Å²) in [6, 6.07) is 4.62. The summed E-state index contributed by atoms with van der Waals surface area (Å²) in [5, 5.41) is 3.66. The number of carbonyl (C=O) groups excluding carboxylic acids is 2. The van der Waals surface area contributed by atoms with E-state index < -0.39 is 6.04 Å². The Morgan fingerprint density at radius 1 is 1.48 bits per heavy atom. The molecule has 1 fully saturated rings. The third-order valence-electron chi connectivity index (χ3n) is 3.56. The summed E-state index contributed by atoms with van der Waals surface area (Å²) in [5.74, 6) is -0.563. The van der Waals surface area contributed by atoms with Gasteiger partial charge in [0.15, 0.2) is 0 Å². The molecule has 0 bridgehead atoms. The SMILES string of the molecule is CCOC(=O)C1CNCCN1C(=O)c1cccc(Cl)c1C. The molecule has 0 aliphatic carbocycles. The number of carbonyl (C=O) groups is 2. The lowest BCUT2D eigenvalue weighted by atomic mass is 10.1. The number of esters is 1. The van der Waals surface area contributed by atoms with Crippen molar-refractivity contribution < 1.29 is 14.3 Å². The second-order valence-corrected chi connectivity index (χ2v) is 5.29. The molecule has 1 aliphatic heterocycles. The van der Waals surface area contributed by atoms with Crippen molar-refractivity contribution in [2.45, 2.75) is 19.9 Å². The van der Waals surface area contributed by atoms with Crippen molar-refractivity contribution in [3.63, 3.8) is 0 Å². The zero-order valence-electron chi connectivity index (χ0n) is 12.2. The summed E-state index contributed by atoms with van der Waals surface area (Å²) < 4.78 is 5.05. The van der Waals surface area contributed by atoms with Crippen molar-refractivity contribution in [2.24, 2.45) is 0 Å². The number of rotatable bonds is 3. The maximum absolute atomic E-state index is 12.7. The topological polar surface area (TPSA) is 58.6 Å². The van der Waals surface area contributed by atoms with Gasteiger partial charge in [0.1, 0.15) is 6.04 Å². The molecular formula is C15H19ClN2O3. The van der Waals surface area contributed by atoms with E-state index in [-0.39, 0.29) is 11.9 Å². The molecule has 6 heteroatoms. The zero-order chi connectivity index (χ0) is 15.4. The Kier molecular flexibility index (Phi) is 5.20. The maximum atomic E-state index is 12.7. The van der Waals surface area contributed by atoms with Gasteiger partial charge in [0.2, 0.25) is 0 Å². The second kappa shape index (κ2) is 6.91. The highest BCUT2D eigenvalue weighted by molar-refractivity contribution is 6.31. The number of halogens is 1. The molecule has 1 aromatic rings. The normalized spacial score (nSPS) is 18.4. The van der Waals surface area contributed by atoms with Crippen LogP contribution < -0.4 is 5.32 Å². The Labute approximate surface area is 129 Å². The lowest BCUT2D eigenvalue weighted by molar-refractivity contribution is -0.149. The van der Waals surface area contributed by atoms with Crippen molar-refractivity contribution in [1.29, 1.82) is 0 Å². The van der Waals surface area contributed by atoms with Gasteiger partial charge in [-0.15, -0.1) is 0 Å². The third-order valence-corrected chi connectivity index (χ3v) is 3.97. The minimum atomic E-state index is -0.593. The van der Waals surface area contributed by atoms with Crippen LogP contribution in [-0.2, 0) is 9.53 Å². The zero-order valence-corrected chi connectivity index (χ0v) is 12.9. The van der Waals surface area contributed by atoms with E-state index in [9.17, 15) is 9.59 Å². The van der Waals surface area contributed by atoms with Crippen LogP contribution in [0.15, 0.2) is 18.2 Å². The fraction of sp³-hybridized carbons (Fsp3) is 0.467. The molecule has 0 spiro atoms. The van der Waals surface area contributed by atoms with E-state index in [0.717, 1.165) is 5.56 Å². The molecule has 0 aromatic heterocycles. The molecule has 1 aliphatic rings. The first-order valence-corrected chi connectivity index (χ1v) is 7.37. The Morgan fingerprint density at radius 3 is 2.95 bits per heavy atom. The molecule has 1 unspecified atom stereocenters. The number of hydrogen-bond donors (Lipinski definition) is 1. The summed E-state index contributed by atoms with van der Waals surface area (Å²) in [6.07, 6.45) is 0. The Bertz CT molecular complexity index is 548. The van der Waals surface area contributed by atoms with Gasteiger partial charge in [-0.25, -0.2) is 4.79 Å². The lowest BCUT2D eigenvalue weighted by Crippen LogP contribution is -2.57. The molecular weight excluding hydrogens is 292 g/mol. The van der Waals surface area contributed by atoms with Crippen LogP contribution in [0.4, 0.5) is 0 Å². The minimum Gasteiger partial charge on any atom is -0.464 e. The summed E-state index contributed by atoms with van der Waals surface area (Å²) >= 11 is 6.07. The van der Waals surface area contributed by atoms with Crippen molar-refractivity contribution in [3.8, 4) is 0 Å². The predicted molar refractivity (Wildman–Crippen MR) is 80.5 cm³/mol. The fourth-order valence-corrected chi connectivity index (χ4v) is 2.56. The van der Waals surface area contributed by atoms with Crippen LogP contribution in [-0.4, -0.2) is 49.1 Å². The van der Waals surface area contributed by atoms with E-state index in [4.69, 9.17) is 16.3 Å². The van der Waals surface area contributed by atoms with Gasteiger partial charge in [0, 0.05) is 30.2 Å². The van der Waals surface area contributed by atoms with Gasteiger partial charge in [-0.2, -0.15) is 0 Å². The lowest BCUT2D eigenvalue weighted by Gasteiger charge is -2.34. The van der Waals surface area contributed by atoms with Crippen molar-refractivity contribution in [3.05, 3.63) is 34.3 Å². The van der Waals surface area contributed by atoms with Gasteiger partial charge in [-0.1, -0.05) is 17.7 Å². The molecule has 0 saturated carbocycles. The number of nitrogens with one attached hydrogen (secondary N) is 1. The minimum absolute atomic E-state index is 0.186. The Hall–Kier alpha value is -1.59. The quantitative estimate of drug-likeness (QED) is 0.862. The largest absolute Gasteiger partial charge is 0.464 e. The molecule has 1 aromatic carbocycles. The Balaban J connectivity index is 2.26. The smallest absolute Gasteiger partial charge is 0.330 e. The van der Waals surface area contributed by atoms with Gasteiger partial charge >= 0.3 is 5.97 Å². The highest BCUT2D eigenvalue weighted by atomic mass is 35.5. The molecule has 1 saturated heterocycles. The van der Waals surface area contributed by atoms with Crippen LogP contribution in [0.1, 0.15) is 22.8 Å². The highest BCUT2D eigenvalue weighted by Gasteiger charge is 2.34. The molecule has 21 heavy (non-hydrogen) atoms. The average Bonchev–Trinajstić information content (AvgIpc) is 2.49. The molecule has 0 radical (unpaired) electrons. The van der Waals surface area contributed by atoms with Crippen molar-refractivity contribution in [1.82, 2.24) is 10.2 Å². The van der Waals surface area contributed by atoms with Gasteiger partial charge in [-0.3, -0.25) is 4.79 Å². The van der Waals surface area contributed by atoms with Crippen LogP contribution >= 0.6 is 11.6 Å². The highest BCUT2D eigenvalue weighted by Crippen LogP contribution is 2.21. The van der Waals surface area contributed by atoms with E-state index >= 15 is 0 Å². The van der Waals surface area contributed by atoms with E-state index in [1.54, 1.807) is 36.9 Å². The number of hydrogen-bond acceptors (Lipinski definition) is 4. The van der Waals surface area contributed by atoms with Crippen LogP contribution in [0.3, 0.4) is 0 Å². The molecule has 1 N–H and O–H groups in total. The monoisotopic (exact) mass is 310 g/mol. The number of ether oxygens (including phenoxy) is 1. The van der Waals surface area contributed by atoms with Crippen molar-refractivity contribution in [2.75, 3.05) is 26.2 Å². The van der Waals surface area contributed by atoms with Crippen molar-refractivity contribution >= 4 is 23.5 Å². The van der Waals surface area contributed by atoms with E-state index in [1.807, 2.05) is 0 Å². The number of benzene rings is 1. The maximum Gasteiger partial charge on any atom is 0.330 e. The predicted octanol–water partition coefficient (Wildman–Crippen LogP) is 1.63. The summed E-state index contributed by atoms with van der Waals surface area (Å²) in [4.78, 5) is 26.3. The van der Waals surface area contributed by atoms with Gasteiger partial charge in [0.05, 0.1) is 6.61 Å². The first kappa shape index (κ1) is 15.8. The summed E-state index contributed by atoms with van der Waals surface area (Å²) in [5.41, 5.74) is 1.25. The fourth-order valence-electron chi connectivity index (χ4n) is 2.39. The molecule has 1 heterocycles. The summed E-state index contributed by atoms with van der Waals surface area (Å²) in [6.45, 7) is 5.38. The Morgan fingerprint density at radius 2 is 2.24 bits per heavy atom. The van der Waals surface area contributed by atoms with E-state index in [1.165, 1.54) is 0 Å². The van der Waals surface area contributed by atoms with Crippen LogP contribution in [0.2, 0.25) is 5.02 Å². The summed E-state index contributed by atoms with van der Waals surface area (Å²) in [7, 11) is 0. The molecule has 1 atom stereocenters. The molecule has 5 nitrogen and oxygen atoms in total. The average molecular weight is 311 g/mol.